The van der Waals surface area contributed by atoms with Crippen LogP contribution in [0.2, 0.25) is 0 Å². The van der Waals surface area contributed by atoms with Gasteiger partial charge in [0.25, 0.3) is 12.3 Å². The van der Waals surface area contributed by atoms with Gasteiger partial charge in [-0.05, 0) is 25.0 Å². The number of methoxy groups -OCH3 is 1. The van der Waals surface area contributed by atoms with Gasteiger partial charge in [0, 0.05) is 29.8 Å². The van der Waals surface area contributed by atoms with E-state index in [0.717, 1.165) is 12.8 Å². The monoisotopic (exact) mass is 510 g/mol. The van der Waals surface area contributed by atoms with Crippen LogP contribution >= 0.6 is 0 Å². The van der Waals surface area contributed by atoms with E-state index in [9.17, 15) is 31.5 Å². The Hall–Kier alpha value is -4.16. The summed E-state index contributed by atoms with van der Waals surface area (Å²) in [6, 6.07) is 3.39. The van der Waals surface area contributed by atoms with Gasteiger partial charge in [-0.3, -0.25) is 9.78 Å². The van der Waals surface area contributed by atoms with Crippen molar-refractivity contribution in [2.45, 2.75) is 25.3 Å². The maximum absolute atomic E-state index is 14.8. The number of ether oxygens (including phenoxy) is 2. The second-order valence-corrected chi connectivity index (χ2v) is 7.82. The number of fused-ring (bicyclic) bond motifs is 1. The molecule has 1 fully saturated rings. The summed E-state index contributed by atoms with van der Waals surface area (Å²) in [6.07, 6.45) is -0.0451. The SMILES string of the molecule is COc1cc2nccc(Oc3c(F)cc(NC(=O)NC4CC4)c(F)c3F)c2cc1C(=O)NCC(F)F. The summed E-state index contributed by atoms with van der Waals surface area (Å²) >= 11 is 0. The van der Waals surface area contributed by atoms with Crippen LogP contribution in [0.5, 0.6) is 17.2 Å². The van der Waals surface area contributed by atoms with Crippen LogP contribution < -0.4 is 25.4 Å². The zero-order valence-electron chi connectivity index (χ0n) is 18.6. The molecule has 0 bridgehead atoms. The lowest BCUT2D eigenvalue weighted by Crippen LogP contribution is -2.30. The van der Waals surface area contributed by atoms with Gasteiger partial charge >= 0.3 is 6.03 Å². The highest BCUT2D eigenvalue weighted by Gasteiger charge is 2.26. The summed E-state index contributed by atoms with van der Waals surface area (Å²) in [6.45, 7) is -0.912. The summed E-state index contributed by atoms with van der Waals surface area (Å²) in [5.41, 5.74) is -0.722. The Bertz CT molecular complexity index is 1330. The average molecular weight is 510 g/mol. The summed E-state index contributed by atoms with van der Waals surface area (Å²) in [4.78, 5) is 28.3. The number of rotatable bonds is 8. The van der Waals surface area contributed by atoms with Crippen molar-refractivity contribution in [3.05, 3.63) is 53.5 Å². The third-order valence-corrected chi connectivity index (χ3v) is 5.17. The minimum absolute atomic E-state index is 0.00206. The van der Waals surface area contributed by atoms with Crippen LogP contribution in [-0.2, 0) is 0 Å². The van der Waals surface area contributed by atoms with E-state index in [2.05, 4.69) is 15.6 Å². The number of benzene rings is 2. The Kier molecular flexibility index (Phi) is 7.08. The number of nitrogens with one attached hydrogen (secondary N) is 3. The van der Waals surface area contributed by atoms with E-state index < -0.39 is 53.8 Å². The highest BCUT2D eigenvalue weighted by molar-refractivity contribution is 6.02. The number of pyridine rings is 1. The first-order valence-electron chi connectivity index (χ1n) is 10.6. The standard InChI is InChI=1S/C23H19F5N4O4/c1-35-17-8-14-11(6-12(17)22(33)30-9-18(25)26)16(4-5-29-14)36-21-13(24)7-15(19(27)20(21)28)32-23(34)31-10-2-3-10/h4-8,10,18H,2-3,9H2,1H3,(H,30,33)(H2,31,32,34). The van der Waals surface area contributed by atoms with Gasteiger partial charge in [-0.2, -0.15) is 4.39 Å². The van der Waals surface area contributed by atoms with E-state index in [1.807, 2.05) is 5.32 Å². The first-order chi connectivity index (χ1) is 17.2. The Labute approximate surface area is 200 Å². The Morgan fingerprint density at radius 3 is 2.53 bits per heavy atom. The summed E-state index contributed by atoms with van der Waals surface area (Å²) in [5, 5.41) is 6.64. The van der Waals surface area contributed by atoms with Crippen LogP contribution in [-0.4, -0.2) is 43.0 Å². The molecule has 0 saturated heterocycles. The van der Waals surface area contributed by atoms with E-state index >= 15 is 0 Å². The number of amides is 3. The number of alkyl halides is 2. The van der Waals surface area contributed by atoms with Gasteiger partial charge in [0.05, 0.1) is 30.4 Å². The molecule has 1 aliphatic rings. The maximum atomic E-state index is 14.8. The smallest absolute Gasteiger partial charge is 0.319 e. The fourth-order valence-electron chi connectivity index (χ4n) is 3.29. The molecule has 1 saturated carbocycles. The number of anilines is 1. The van der Waals surface area contributed by atoms with Gasteiger partial charge in [0.15, 0.2) is 11.6 Å². The molecule has 0 unspecified atom stereocenters. The number of hydrogen-bond donors (Lipinski definition) is 3. The molecule has 190 valence electrons. The van der Waals surface area contributed by atoms with Crippen molar-refractivity contribution < 1.29 is 41.0 Å². The maximum Gasteiger partial charge on any atom is 0.319 e. The Morgan fingerprint density at radius 1 is 1.11 bits per heavy atom. The fraction of sp³-hybridized carbons (Fsp3) is 0.261. The van der Waals surface area contributed by atoms with E-state index in [1.54, 1.807) is 0 Å². The molecule has 3 amide bonds. The highest BCUT2D eigenvalue weighted by Crippen LogP contribution is 2.37. The summed E-state index contributed by atoms with van der Waals surface area (Å²) < 4.78 is 79.5. The number of carbonyl (C=O) groups excluding carboxylic acids is 2. The van der Waals surface area contributed by atoms with E-state index in [4.69, 9.17) is 9.47 Å². The molecule has 1 heterocycles. The Balaban J connectivity index is 1.67. The van der Waals surface area contributed by atoms with Crippen molar-refractivity contribution in [2.75, 3.05) is 19.0 Å². The lowest BCUT2D eigenvalue weighted by Gasteiger charge is -2.15. The quantitative estimate of drug-likeness (QED) is 0.301. The lowest BCUT2D eigenvalue weighted by molar-refractivity contribution is 0.0889. The molecule has 1 aliphatic carbocycles. The van der Waals surface area contributed by atoms with Crippen LogP contribution in [0.1, 0.15) is 23.2 Å². The van der Waals surface area contributed by atoms with E-state index in [0.29, 0.717) is 6.07 Å². The summed E-state index contributed by atoms with van der Waals surface area (Å²) in [5.74, 6) is -6.78. The molecular weight excluding hydrogens is 491 g/mol. The zero-order chi connectivity index (χ0) is 26.0. The minimum atomic E-state index is -2.79. The van der Waals surface area contributed by atoms with Gasteiger partial charge in [-0.25, -0.2) is 22.4 Å². The molecule has 1 aromatic heterocycles. The first-order valence-corrected chi connectivity index (χ1v) is 10.6. The molecule has 0 atom stereocenters. The van der Waals surface area contributed by atoms with Crippen molar-refractivity contribution in [1.29, 1.82) is 0 Å². The van der Waals surface area contributed by atoms with Gasteiger partial charge < -0.3 is 25.4 Å². The number of halogens is 5. The van der Waals surface area contributed by atoms with Crippen molar-refractivity contribution >= 4 is 28.5 Å². The van der Waals surface area contributed by atoms with Gasteiger partial charge in [-0.1, -0.05) is 0 Å². The van der Waals surface area contributed by atoms with E-state index in [-0.39, 0.29) is 34.0 Å². The molecule has 13 heteroatoms. The van der Waals surface area contributed by atoms with Gasteiger partial charge in [0.2, 0.25) is 11.6 Å². The molecule has 3 N–H and O–H groups in total. The molecule has 3 aromatic rings. The number of hydrogen-bond acceptors (Lipinski definition) is 5. The van der Waals surface area contributed by atoms with Gasteiger partial charge in [-0.15, -0.1) is 0 Å². The number of aromatic nitrogens is 1. The topological polar surface area (TPSA) is 102 Å². The largest absolute Gasteiger partial charge is 0.496 e. The number of urea groups is 1. The number of nitrogens with zero attached hydrogens (tertiary/aromatic N) is 1. The zero-order valence-corrected chi connectivity index (χ0v) is 18.6. The fourth-order valence-corrected chi connectivity index (χ4v) is 3.29. The molecule has 8 nitrogen and oxygen atoms in total. The van der Waals surface area contributed by atoms with Crippen LogP contribution in [0.4, 0.5) is 32.4 Å². The van der Waals surface area contributed by atoms with Crippen molar-refractivity contribution in [2.24, 2.45) is 0 Å². The van der Waals surface area contributed by atoms with Crippen LogP contribution in [0.15, 0.2) is 30.5 Å². The van der Waals surface area contributed by atoms with Gasteiger partial charge in [0.1, 0.15) is 11.5 Å². The number of carbonyl (C=O) groups is 2. The lowest BCUT2D eigenvalue weighted by atomic mass is 10.1. The van der Waals surface area contributed by atoms with Crippen molar-refractivity contribution in [3.8, 4) is 17.2 Å². The summed E-state index contributed by atoms with van der Waals surface area (Å²) in [7, 11) is 1.25. The molecular formula is C23H19F5N4O4. The third kappa shape index (κ3) is 5.39. The molecule has 2 aromatic carbocycles. The molecule has 0 spiro atoms. The van der Waals surface area contributed by atoms with Crippen molar-refractivity contribution in [3.63, 3.8) is 0 Å². The molecule has 4 rings (SSSR count). The van der Waals surface area contributed by atoms with Crippen molar-refractivity contribution in [1.82, 2.24) is 15.6 Å². The third-order valence-electron chi connectivity index (χ3n) is 5.17. The predicted octanol–water partition coefficient (Wildman–Crippen LogP) is 4.73. The average Bonchev–Trinajstić information content (AvgIpc) is 3.66. The minimum Gasteiger partial charge on any atom is -0.496 e. The first kappa shape index (κ1) is 24.9. The van der Waals surface area contributed by atoms with Crippen LogP contribution in [0.25, 0.3) is 10.9 Å². The second kappa shape index (κ2) is 10.2. The normalized spacial score (nSPS) is 13.0. The highest BCUT2D eigenvalue weighted by atomic mass is 19.3. The van der Waals surface area contributed by atoms with Crippen LogP contribution in [0, 0.1) is 17.5 Å². The predicted molar refractivity (Wildman–Crippen MR) is 118 cm³/mol. The van der Waals surface area contributed by atoms with Crippen LogP contribution in [0.3, 0.4) is 0 Å². The molecule has 0 radical (unpaired) electrons. The second-order valence-electron chi connectivity index (χ2n) is 7.82. The molecule has 36 heavy (non-hydrogen) atoms. The van der Waals surface area contributed by atoms with E-state index in [1.165, 1.54) is 31.5 Å². The Morgan fingerprint density at radius 2 is 1.86 bits per heavy atom. The molecule has 0 aliphatic heterocycles.